The average Bonchev–Trinajstić information content (AvgIpc) is 3.18. The average molecular weight is 414 g/mol. The van der Waals surface area contributed by atoms with E-state index in [1.54, 1.807) is 36.2 Å². The minimum absolute atomic E-state index is 0.00681. The van der Waals surface area contributed by atoms with Gasteiger partial charge < -0.3 is 10.1 Å². The number of aryl methyl sites for hydroxylation is 1. The number of carbonyl (C=O) groups excluding carboxylic acids is 2. The lowest BCUT2D eigenvalue weighted by Gasteiger charge is -2.12. The zero-order valence-corrected chi connectivity index (χ0v) is 17.4. The van der Waals surface area contributed by atoms with Crippen molar-refractivity contribution in [3.63, 3.8) is 0 Å². The summed E-state index contributed by atoms with van der Waals surface area (Å²) < 4.78 is 8.32. The van der Waals surface area contributed by atoms with Crippen molar-refractivity contribution in [3.05, 3.63) is 62.5 Å². The molecule has 3 aromatic rings. The highest BCUT2D eigenvalue weighted by atomic mass is 32.1. The SMILES string of the molecule is Cc1nc(CC(=O)O[C@@H](C)C(=O)Nc2c(C)n(C)n(-c3ccccc3)c2=O)cs1. The Labute approximate surface area is 171 Å². The van der Waals surface area contributed by atoms with Gasteiger partial charge in [-0.3, -0.25) is 19.1 Å². The van der Waals surface area contributed by atoms with Gasteiger partial charge in [-0.05, 0) is 32.9 Å². The van der Waals surface area contributed by atoms with Gasteiger partial charge in [0, 0.05) is 12.4 Å². The molecule has 0 saturated carbocycles. The van der Waals surface area contributed by atoms with Gasteiger partial charge in [-0.15, -0.1) is 11.3 Å². The summed E-state index contributed by atoms with van der Waals surface area (Å²) in [7, 11) is 1.73. The molecular formula is C20H22N4O4S. The van der Waals surface area contributed by atoms with Crippen LogP contribution >= 0.6 is 11.3 Å². The third-order valence-corrected chi connectivity index (χ3v) is 5.29. The second-order valence-corrected chi connectivity index (χ2v) is 7.65. The van der Waals surface area contributed by atoms with Gasteiger partial charge in [0.1, 0.15) is 5.69 Å². The van der Waals surface area contributed by atoms with E-state index in [1.165, 1.54) is 22.9 Å². The first-order valence-electron chi connectivity index (χ1n) is 9.03. The lowest BCUT2D eigenvalue weighted by Crippen LogP contribution is -2.32. The second-order valence-electron chi connectivity index (χ2n) is 6.59. The molecule has 0 saturated heterocycles. The van der Waals surface area contributed by atoms with E-state index >= 15 is 0 Å². The standard InChI is InChI=1S/C20H22N4O4S/c1-12-18(20(27)24(23(12)4)16-8-6-5-7-9-16)22-19(26)13(2)28-17(25)10-15-11-29-14(3)21-15/h5-9,11,13H,10H2,1-4H3,(H,22,26)/t13-/m0/s1. The van der Waals surface area contributed by atoms with Crippen LogP contribution in [-0.2, 0) is 27.8 Å². The number of nitrogens with one attached hydrogen (secondary N) is 1. The number of anilines is 1. The quantitative estimate of drug-likeness (QED) is 0.625. The number of esters is 1. The number of hydrogen-bond donors (Lipinski definition) is 1. The van der Waals surface area contributed by atoms with Crippen LogP contribution < -0.4 is 10.9 Å². The highest BCUT2D eigenvalue weighted by Crippen LogP contribution is 2.15. The van der Waals surface area contributed by atoms with Crippen LogP contribution in [0.15, 0.2) is 40.5 Å². The number of carbonyl (C=O) groups is 2. The first-order chi connectivity index (χ1) is 13.8. The Balaban J connectivity index is 1.72. The Hall–Kier alpha value is -3.20. The minimum atomic E-state index is -1.05. The number of para-hydroxylation sites is 1. The van der Waals surface area contributed by atoms with E-state index in [4.69, 9.17) is 4.74 Å². The molecule has 8 nitrogen and oxygen atoms in total. The molecule has 1 atom stereocenters. The fourth-order valence-electron chi connectivity index (χ4n) is 2.87. The molecule has 0 aliphatic rings. The molecule has 0 aliphatic carbocycles. The summed E-state index contributed by atoms with van der Waals surface area (Å²) in [4.78, 5) is 41.6. The highest BCUT2D eigenvalue weighted by Gasteiger charge is 2.23. The van der Waals surface area contributed by atoms with E-state index in [-0.39, 0.29) is 17.7 Å². The van der Waals surface area contributed by atoms with Gasteiger partial charge in [0.2, 0.25) is 0 Å². The largest absolute Gasteiger partial charge is 0.452 e. The highest BCUT2D eigenvalue weighted by molar-refractivity contribution is 7.09. The molecule has 1 N–H and O–H groups in total. The van der Waals surface area contributed by atoms with Gasteiger partial charge in [-0.2, -0.15) is 0 Å². The fraction of sp³-hybridized carbons (Fsp3) is 0.300. The van der Waals surface area contributed by atoms with Crippen LogP contribution in [-0.4, -0.2) is 32.3 Å². The van der Waals surface area contributed by atoms with Crippen LogP contribution in [0, 0.1) is 13.8 Å². The minimum Gasteiger partial charge on any atom is -0.452 e. The summed E-state index contributed by atoms with van der Waals surface area (Å²) in [6.07, 6.45) is -1.06. The lowest BCUT2D eigenvalue weighted by molar-refractivity contribution is -0.152. The van der Waals surface area contributed by atoms with Crippen molar-refractivity contribution in [1.82, 2.24) is 14.3 Å². The van der Waals surface area contributed by atoms with E-state index in [9.17, 15) is 14.4 Å². The third kappa shape index (κ3) is 4.45. The second kappa shape index (κ2) is 8.44. The van der Waals surface area contributed by atoms with Crippen molar-refractivity contribution in [2.45, 2.75) is 33.3 Å². The molecule has 0 bridgehead atoms. The molecule has 0 fully saturated rings. The molecule has 0 spiro atoms. The molecule has 0 unspecified atom stereocenters. The predicted octanol–water partition coefficient (Wildman–Crippen LogP) is 2.36. The van der Waals surface area contributed by atoms with E-state index in [2.05, 4.69) is 10.3 Å². The first kappa shape index (κ1) is 20.5. The zero-order valence-electron chi connectivity index (χ0n) is 16.6. The van der Waals surface area contributed by atoms with Crippen molar-refractivity contribution in [1.29, 1.82) is 0 Å². The van der Waals surface area contributed by atoms with Gasteiger partial charge in [0.05, 0.1) is 28.5 Å². The van der Waals surface area contributed by atoms with Crippen LogP contribution in [0.4, 0.5) is 5.69 Å². The summed E-state index contributed by atoms with van der Waals surface area (Å²) in [5.41, 5.74) is 1.67. The summed E-state index contributed by atoms with van der Waals surface area (Å²) in [6.45, 7) is 5.05. The smallest absolute Gasteiger partial charge is 0.312 e. The van der Waals surface area contributed by atoms with E-state index < -0.39 is 18.0 Å². The zero-order chi connectivity index (χ0) is 21.1. The molecule has 152 valence electrons. The van der Waals surface area contributed by atoms with Crippen LogP contribution in [0.25, 0.3) is 5.69 Å². The lowest BCUT2D eigenvalue weighted by atomic mass is 10.3. The fourth-order valence-corrected chi connectivity index (χ4v) is 3.48. The van der Waals surface area contributed by atoms with Gasteiger partial charge >= 0.3 is 5.97 Å². The molecule has 0 radical (unpaired) electrons. The number of benzene rings is 1. The normalized spacial score (nSPS) is 11.9. The van der Waals surface area contributed by atoms with Crippen LogP contribution in [0.5, 0.6) is 0 Å². The van der Waals surface area contributed by atoms with Gasteiger partial charge in [-0.25, -0.2) is 9.67 Å². The molecular weight excluding hydrogens is 392 g/mol. The Morgan fingerprint density at radius 1 is 1.24 bits per heavy atom. The molecule has 29 heavy (non-hydrogen) atoms. The van der Waals surface area contributed by atoms with Gasteiger partial charge in [-0.1, -0.05) is 18.2 Å². The summed E-state index contributed by atoms with van der Waals surface area (Å²) in [5, 5.41) is 5.23. The van der Waals surface area contributed by atoms with Crippen molar-refractivity contribution in [3.8, 4) is 5.69 Å². The Kier molecular flexibility index (Phi) is 5.97. The Morgan fingerprint density at radius 3 is 2.55 bits per heavy atom. The summed E-state index contributed by atoms with van der Waals surface area (Å²) in [5.74, 6) is -1.12. The molecule has 0 aliphatic heterocycles. The van der Waals surface area contributed by atoms with Crippen LogP contribution in [0.1, 0.15) is 23.3 Å². The molecule has 2 aromatic heterocycles. The summed E-state index contributed by atoms with van der Waals surface area (Å²) >= 11 is 1.44. The van der Waals surface area contributed by atoms with Crippen molar-refractivity contribution < 1.29 is 14.3 Å². The van der Waals surface area contributed by atoms with E-state index in [0.717, 1.165) is 5.01 Å². The number of rotatable bonds is 6. The number of aromatic nitrogens is 3. The van der Waals surface area contributed by atoms with E-state index in [0.29, 0.717) is 17.1 Å². The molecule has 3 rings (SSSR count). The van der Waals surface area contributed by atoms with Gasteiger partial charge in [0.15, 0.2) is 6.10 Å². The first-order valence-corrected chi connectivity index (χ1v) is 9.91. The number of amides is 1. The maximum atomic E-state index is 12.8. The number of thiazole rings is 1. The third-order valence-electron chi connectivity index (χ3n) is 4.47. The van der Waals surface area contributed by atoms with Crippen LogP contribution in [0.2, 0.25) is 0 Å². The molecule has 2 heterocycles. The molecule has 1 amide bonds. The monoisotopic (exact) mass is 414 g/mol. The van der Waals surface area contributed by atoms with Crippen LogP contribution in [0.3, 0.4) is 0 Å². The molecule has 1 aromatic carbocycles. The number of hydrogen-bond acceptors (Lipinski definition) is 6. The van der Waals surface area contributed by atoms with E-state index in [1.807, 2.05) is 25.1 Å². The number of nitrogens with zero attached hydrogens (tertiary/aromatic N) is 3. The van der Waals surface area contributed by atoms with Crippen molar-refractivity contribution in [2.75, 3.05) is 5.32 Å². The maximum absolute atomic E-state index is 12.8. The van der Waals surface area contributed by atoms with Gasteiger partial charge in [0.25, 0.3) is 11.5 Å². The molecule has 9 heteroatoms. The topological polar surface area (TPSA) is 95.2 Å². The van der Waals surface area contributed by atoms with Crippen molar-refractivity contribution >= 4 is 28.9 Å². The predicted molar refractivity (Wildman–Crippen MR) is 110 cm³/mol. The summed E-state index contributed by atoms with van der Waals surface area (Å²) in [6, 6.07) is 9.12. The maximum Gasteiger partial charge on any atom is 0.312 e. The Bertz CT molecular complexity index is 1100. The van der Waals surface area contributed by atoms with Crippen molar-refractivity contribution in [2.24, 2.45) is 7.05 Å². The Morgan fingerprint density at radius 2 is 1.93 bits per heavy atom. The number of ether oxygens (including phenoxy) is 1.